The first kappa shape index (κ1) is 21.4. The van der Waals surface area contributed by atoms with Gasteiger partial charge in [-0.1, -0.05) is 18.2 Å². The quantitative estimate of drug-likeness (QED) is 0.472. The van der Waals surface area contributed by atoms with Crippen molar-refractivity contribution < 1.29 is 19.1 Å². The SMILES string of the molecule is O=C(OCc1cccc(COC(=O)C23CC4CC(CC(C4)C2)C3)c1)C12CC3CC(CC(C3)C1)C2. The van der Waals surface area contributed by atoms with E-state index in [0.29, 0.717) is 13.2 Å². The molecule has 0 spiro atoms. The molecule has 34 heavy (non-hydrogen) atoms. The first-order valence-electron chi connectivity index (χ1n) is 13.9. The van der Waals surface area contributed by atoms with Gasteiger partial charge in [-0.3, -0.25) is 9.59 Å². The molecule has 1 aromatic rings. The smallest absolute Gasteiger partial charge is 0.312 e. The summed E-state index contributed by atoms with van der Waals surface area (Å²) in [5, 5.41) is 0. The van der Waals surface area contributed by atoms with Gasteiger partial charge in [0.15, 0.2) is 0 Å². The van der Waals surface area contributed by atoms with Crippen LogP contribution in [0.25, 0.3) is 0 Å². The monoisotopic (exact) mass is 462 g/mol. The van der Waals surface area contributed by atoms with Crippen molar-refractivity contribution in [1.82, 2.24) is 0 Å². The average molecular weight is 463 g/mol. The lowest BCUT2D eigenvalue weighted by Crippen LogP contribution is -2.50. The minimum absolute atomic E-state index is 0.0326. The van der Waals surface area contributed by atoms with Crippen molar-refractivity contribution in [1.29, 1.82) is 0 Å². The van der Waals surface area contributed by atoms with E-state index in [1.165, 1.54) is 38.5 Å². The van der Waals surface area contributed by atoms with Crippen molar-refractivity contribution in [2.75, 3.05) is 0 Å². The van der Waals surface area contributed by atoms with Gasteiger partial charge < -0.3 is 9.47 Å². The molecule has 0 aromatic heterocycles. The van der Waals surface area contributed by atoms with Gasteiger partial charge in [0.2, 0.25) is 0 Å². The number of ether oxygens (including phenoxy) is 2. The fourth-order valence-electron chi connectivity index (χ4n) is 10.1. The van der Waals surface area contributed by atoms with E-state index in [1.54, 1.807) is 0 Å². The van der Waals surface area contributed by atoms with E-state index in [2.05, 4.69) is 0 Å². The molecule has 0 atom stereocenters. The molecule has 4 heteroatoms. The maximum Gasteiger partial charge on any atom is 0.312 e. The summed E-state index contributed by atoms with van der Waals surface area (Å²) in [5.74, 6) is 4.51. The summed E-state index contributed by atoms with van der Waals surface area (Å²) in [7, 11) is 0. The third kappa shape index (κ3) is 3.62. The summed E-state index contributed by atoms with van der Waals surface area (Å²) < 4.78 is 11.8. The first-order valence-corrected chi connectivity index (χ1v) is 13.9. The van der Waals surface area contributed by atoms with Gasteiger partial charge in [0.05, 0.1) is 10.8 Å². The van der Waals surface area contributed by atoms with Crippen LogP contribution in [0, 0.1) is 46.3 Å². The molecular weight excluding hydrogens is 424 g/mol. The first-order chi connectivity index (χ1) is 16.5. The summed E-state index contributed by atoms with van der Waals surface area (Å²) in [4.78, 5) is 26.4. The number of hydrogen-bond donors (Lipinski definition) is 0. The zero-order chi connectivity index (χ0) is 22.9. The van der Waals surface area contributed by atoms with Crippen molar-refractivity contribution >= 4 is 11.9 Å². The molecule has 0 heterocycles. The Morgan fingerprint density at radius 2 is 0.941 bits per heavy atom. The van der Waals surface area contributed by atoms with Gasteiger partial charge in [-0.2, -0.15) is 0 Å². The van der Waals surface area contributed by atoms with Gasteiger partial charge >= 0.3 is 11.9 Å². The van der Waals surface area contributed by atoms with E-state index in [-0.39, 0.29) is 22.8 Å². The molecule has 8 bridgehead atoms. The van der Waals surface area contributed by atoms with Crippen LogP contribution in [0.4, 0.5) is 0 Å². The molecule has 0 N–H and O–H groups in total. The number of hydrogen-bond acceptors (Lipinski definition) is 4. The Labute approximate surface area is 203 Å². The van der Waals surface area contributed by atoms with Crippen molar-refractivity contribution in [3.8, 4) is 0 Å². The van der Waals surface area contributed by atoms with E-state index in [0.717, 1.165) is 85.2 Å². The zero-order valence-electron chi connectivity index (χ0n) is 20.3. The normalized spacial score (nSPS) is 43.2. The molecule has 0 aliphatic heterocycles. The molecule has 9 rings (SSSR count). The molecule has 4 nitrogen and oxygen atoms in total. The van der Waals surface area contributed by atoms with Crippen LogP contribution >= 0.6 is 0 Å². The fourth-order valence-corrected chi connectivity index (χ4v) is 10.1. The van der Waals surface area contributed by atoms with E-state index in [1.807, 2.05) is 24.3 Å². The Balaban J connectivity index is 0.962. The number of rotatable bonds is 6. The van der Waals surface area contributed by atoms with E-state index >= 15 is 0 Å². The summed E-state index contributed by atoms with van der Waals surface area (Å²) in [6, 6.07) is 8.05. The number of carbonyl (C=O) groups excluding carboxylic acids is 2. The Bertz CT molecular complexity index is 847. The van der Waals surface area contributed by atoms with E-state index in [4.69, 9.17) is 9.47 Å². The van der Waals surface area contributed by atoms with Crippen LogP contribution < -0.4 is 0 Å². The van der Waals surface area contributed by atoms with Crippen molar-refractivity contribution in [2.45, 2.75) is 90.3 Å². The summed E-state index contributed by atoms with van der Waals surface area (Å²) >= 11 is 0. The Morgan fingerprint density at radius 3 is 1.26 bits per heavy atom. The highest BCUT2D eigenvalue weighted by Gasteiger charge is 2.56. The summed E-state index contributed by atoms with van der Waals surface area (Å²) in [6.07, 6.45) is 14.2. The van der Waals surface area contributed by atoms with Gasteiger partial charge in [-0.25, -0.2) is 0 Å². The van der Waals surface area contributed by atoms with Gasteiger partial charge in [-0.05, 0) is 130 Å². The van der Waals surface area contributed by atoms with Crippen LogP contribution in [0.1, 0.15) is 88.2 Å². The Kier molecular flexibility index (Phi) is 4.94. The second-order valence-corrected chi connectivity index (χ2v) is 13.4. The molecule has 0 amide bonds. The van der Waals surface area contributed by atoms with Crippen LogP contribution in [0.15, 0.2) is 24.3 Å². The summed E-state index contributed by atoms with van der Waals surface area (Å²) in [6.45, 7) is 0.634. The second-order valence-electron chi connectivity index (χ2n) is 13.4. The van der Waals surface area contributed by atoms with Gasteiger partial charge in [0.25, 0.3) is 0 Å². The van der Waals surface area contributed by atoms with Gasteiger partial charge in [-0.15, -0.1) is 0 Å². The lowest BCUT2D eigenvalue weighted by Gasteiger charge is -2.55. The van der Waals surface area contributed by atoms with Crippen molar-refractivity contribution in [3.05, 3.63) is 35.4 Å². The topological polar surface area (TPSA) is 52.6 Å². The maximum atomic E-state index is 13.2. The molecule has 0 radical (unpaired) electrons. The van der Waals surface area contributed by atoms with E-state index in [9.17, 15) is 9.59 Å². The van der Waals surface area contributed by atoms with Crippen molar-refractivity contribution in [2.24, 2.45) is 46.3 Å². The standard InChI is InChI=1S/C30H38O4/c31-27(29-11-21-5-22(12-29)7-23(6-21)13-29)33-17-19-2-1-3-20(4-19)18-34-28(32)30-14-24-8-25(15-30)10-26(9-24)16-30/h1-4,21-26H,5-18H2. The molecule has 8 aliphatic rings. The molecular formula is C30H38O4. The highest BCUT2D eigenvalue weighted by Crippen LogP contribution is 2.61. The molecule has 8 saturated carbocycles. The second kappa shape index (κ2) is 7.83. The summed E-state index contributed by atoms with van der Waals surface area (Å²) in [5.41, 5.74) is 1.56. The van der Waals surface area contributed by atoms with E-state index < -0.39 is 0 Å². The molecule has 0 saturated heterocycles. The minimum Gasteiger partial charge on any atom is -0.460 e. The lowest BCUT2D eigenvalue weighted by atomic mass is 9.49. The maximum absolute atomic E-state index is 13.2. The lowest BCUT2D eigenvalue weighted by molar-refractivity contribution is -0.173. The minimum atomic E-state index is -0.209. The van der Waals surface area contributed by atoms with Crippen LogP contribution in [0.2, 0.25) is 0 Å². The van der Waals surface area contributed by atoms with Gasteiger partial charge in [0, 0.05) is 0 Å². The zero-order valence-corrected chi connectivity index (χ0v) is 20.3. The molecule has 0 unspecified atom stereocenters. The fraction of sp³-hybridized carbons (Fsp3) is 0.733. The third-order valence-corrected chi connectivity index (χ3v) is 10.7. The highest BCUT2D eigenvalue weighted by atomic mass is 16.5. The Hall–Kier alpha value is -1.84. The van der Waals surface area contributed by atoms with Gasteiger partial charge in [0.1, 0.15) is 13.2 Å². The number of esters is 2. The largest absolute Gasteiger partial charge is 0.460 e. The Morgan fingerprint density at radius 1 is 0.618 bits per heavy atom. The average Bonchev–Trinajstić information content (AvgIpc) is 2.79. The highest BCUT2D eigenvalue weighted by molar-refractivity contribution is 5.78. The van der Waals surface area contributed by atoms with Crippen LogP contribution in [0.3, 0.4) is 0 Å². The predicted molar refractivity (Wildman–Crippen MR) is 127 cm³/mol. The van der Waals surface area contributed by atoms with Crippen LogP contribution in [-0.2, 0) is 32.3 Å². The van der Waals surface area contributed by atoms with Crippen LogP contribution in [0.5, 0.6) is 0 Å². The number of benzene rings is 1. The molecule has 8 aliphatic carbocycles. The van der Waals surface area contributed by atoms with Crippen LogP contribution in [-0.4, -0.2) is 11.9 Å². The third-order valence-electron chi connectivity index (χ3n) is 10.7. The molecule has 8 fully saturated rings. The van der Waals surface area contributed by atoms with Crippen molar-refractivity contribution in [3.63, 3.8) is 0 Å². The molecule has 182 valence electrons. The molecule has 1 aromatic carbocycles. The number of carbonyl (C=O) groups is 2. The predicted octanol–water partition coefficient (Wildman–Crippen LogP) is 6.21.